The Morgan fingerprint density at radius 3 is 0.745 bits per heavy atom. The first-order valence-electron chi connectivity index (χ1n) is 47.3. The normalized spacial score (nSPS) is 13.1. The van der Waals surface area contributed by atoms with Crippen molar-refractivity contribution in [1.82, 2.24) is 0 Å². The van der Waals surface area contributed by atoms with Crippen molar-refractivity contribution in [1.29, 1.82) is 0 Å². The van der Waals surface area contributed by atoms with Crippen LogP contribution in [0, 0.1) is 0 Å². The molecule has 0 saturated carbocycles. The van der Waals surface area contributed by atoms with Crippen LogP contribution in [-0.4, -0.2) is 70.0 Å². The highest BCUT2D eigenvalue weighted by Crippen LogP contribution is 2.38. The maximum atomic E-state index is 12.9. The van der Waals surface area contributed by atoms with E-state index >= 15 is 0 Å². The molecule has 0 bridgehead atoms. The summed E-state index contributed by atoms with van der Waals surface area (Å²) < 4.78 is 34.5. The molecule has 2 unspecified atom stereocenters. The number of esters is 2. The summed E-state index contributed by atoms with van der Waals surface area (Å²) in [6.07, 6.45) is 117. The van der Waals surface area contributed by atoms with Gasteiger partial charge in [0.1, 0.15) is 19.8 Å². The molecule has 9 nitrogen and oxygen atoms in total. The molecule has 0 aromatic rings. The number of carbonyl (C=O) groups excluding carboxylic acids is 2. The Kier molecular flexibility index (Phi) is 85.3. The Morgan fingerprint density at radius 2 is 0.509 bits per heavy atom. The summed E-state index contributed by atoms with van der Waals surface area (Å²) in [5.41, 5.74) is 0. The summed E-state index contributed by atoms with van der Waals surface area (Å²) in [7, 11) is 1.20. The Bertz CT molecular complexity index is 1930. The number of likely N-dealkylation sites (N-methyl/N-ethyl adjacent to an activating group) is 1. The van der Waals surface area contributed by atoms with Crippen LogP contribution in [-0.2, 0) is 32.7 Å². The molecule has 0 spiro atoms. The number of nitrogens with zero attached hydrogens (tertiary/aromatic N) is 1. The van der Waals surface area contributed by atoms with E-state index in [9.17, 15) is 19.0 Å². The molecule has 106 heavy (non-hydrogen) atoms. The third-order valence-electron chi connectivity index (χ3n) is 21.8. The molecule has 0 radical (unpaired) electrons. The standard InChI is InChI=1S/C96H184NO8P/c1-6-8-10-12-14-16-18-20-22-24-26-28-30-32-34-36-38-40-42-44-46-48-50-52-54-56-58-60-62-64-66-68-70-72-74-76-78-80-82-84-86-88-95(98)102-92-94(93-104-106(100,101)103-91-90-97(3,4)5)105-96(99)89-87-85-83-81-79-77-75-73-71-69-67-65-63-61-59-57-55-53-51-49-47-45-43-41-39-37-35-33-31-29-27-25-23-21-19-17-15-13-11-9-7-2/h18-21,24-27,94H,6-17,22-23,28-93H2,1-5H3/b20-18-,21-19-,26-24-,27-25-. The minimum atomic E-state index is -4.65. The average Bonchev–Trinajstić information content (AvgIpc) is 0.951. The zero-order valence-corrected chi connectivity index (χ0v) is 72.8. The molecule has 2 atom stereocenters. The fourth-order valence-corrected chi connectivity index (χ4v) is 15.3. The van der Waals surface area contributed by atoms with Crippen LogP contribution in [0.5, 0.6) is 0 Å². The van der Waals surface area contributed by atoms with Crippen LogP contribution >= 0.6 is 7.82 Å². The monoisotopic (exact) mass is 1510 g/mol. The van der Waals surface area contributed by atoms with E-state index in [0.29, 0.717) is 17.4 Å². The van der Waals surface area contributed by atoms with Crippen molar-refractivity contribution in [3.05, 3.63) is 48.6 Å². The summed E-state index contributed by atoms with van der Waals surface area (Å²) in [5.74, 6) is -0.802. The summed E-state index contributed by atoms with van der Waals surface area (Å²) >= 11 is 0. The Labute approximate surface area is 662 Å². The van der Waals surface area contributed by atoms with Gasteiger partial charge in [0.25, 0.3) is 7.82 Å². The number of unbranched alkanes of at least 4 members (excludes halogenated alkanes) is 68. The van der Waals surface area contributed by atoms with Crippen molar-refractivity contribution in [2.24, 2.45) is 0 Å². The highest BCUT2D eigenvalue weighted by Gasteiger charge is 2.22. The highest BCUT2D eigenvalue weighted by molar-refractivity contribution is 7.45. The number of allylic oxidation sites excluding steroid dienone is 8. The van der Waals surface area contributed by atoms with Crippen LogP contribution in [0.3, 0.4) is 0 Å². The van der Waals surface area contributed by atoms with Gasteiger partial charge in [0.2, 0.25) is 0 Å². The van der Waals surface area contributed by atoms with Crippen LogP contribution < -0.4 is 4.89 Å². The van der Waals surface area contributed by atoms with E-state index < -0.39 is 26.5 Å². The first-order chi connectivity index (χ1) is 52.0. The number of carbonyl (C=O) groups is 2. The van der Waals surface area contributed by atoms with Crippen molar-refractivity contribution in [2.75, 3.05) is 47.5 Å². The Hall–Kier alpha value is -2.03. The smallest absolute Gasteiger partial charge is 0.306 e. The van der Waals surface area contributed by atoms with E-state index in [-0.39, 0.29) is 32.0 Å². The topological polar surface area (TPSA) is 111 Å². The van der Waals surface area contributed by atoms with Gasteiger partial charge in [-0.05, 0) is 77.0 Å². The lowest BCUT2D eigenvalue weighted by atomic mass is 10.0. The number of ether oxygens (including phenoxy) is 2. The molecule has 0 saturated heterocycles. The number of phosphoric acid groups is 1. The van der Waals surface area contributed by atoms with E-state index in [0.717, 1.165) is 44.9 Å². The molecule has 0 aliphatic heterocycles. The van der Waals surface area contributed by atoms with Crippen LogP contribution in [0.4, 0.5) is 0 Å². The summed E-state index contributed by atoms with van der Waals surface area (Å²) in [6, 6.07) is 0. The third-order valence-corrected chi connectivity index (χ3v) is 22.8. The maximum absolute atomic E-state index is 12.9. The second-order valence-corrected chi connectivity index (χ2v) is 35.1. The lowest BCUT2D eigenvalue weighted by Gasteiger charge is -2.28. The second kappa shape index (κ2) is 86.9. The van der Waals surface area contributed by atoms with Gasteiger partial charge in [-0.15, -0.1) is 0 Å². The lowest BCUT2D eigenvalue weighted by molar-refractivity contribution is -0.870. The van der Waals surface area contributed by atoms with Crippen LogP contribution in [0.25, 0.3) is 0 Å². The maximum Gasteiger partial charge on any atom is 0.306 e. The van der Waals surface area contributed by atoms with Gasteiger partial charge in [0.15, 0.2) is 6.10 Å². The molecular weight excluding hydrogens is 1330 g/mol. The van der Waals surface area contributed by atoms with Gasteiger partial charge < -0.3 is 27.9 Å². The molecule has 0 amide bonds. The zero-order chi connectivity index (χ0) is 76.8. The minimum Gasteiger partial charge on any atom is -0.756 e. The largest absolute Gasteiger partial charge is 0.756 e. The molecule has 0 heterocycles. The Balaban J connectivity index is 3.80. The van der Waals surface area contributed by atoms with Crippen LogP contribution in [0.2, 0.25) is 0 Å². The van der Waals surface area contributed by atoms with Gasteiger partial charge >= 0.3 is 11.9 Å². The molecule has 0 aromatic carbocycles. The zero-order valence-electron chi connectivity index (χ0n) is 71.9. The SMILES string of the molecule is CCCCCCC/C=C\C/C=C\CCCCCCCCCCCCCCCCCCCCCCCCCCCCCCCC(=O)OCC(COP(=O)([O-])OCC[N+](C)(C)C)OC(=O)CCCCCCCCCCCCCCCCCCCCCCCCCCCCCCC/C=C\C/C=C\CCCCCCC. The summed E-state index contributed by atoms with van der Waals surface area (Å²) in [4.78, 5) is 38.3. The first-order valence-corrected chi connectivity index (χ1v) is 48.8. The van der Waals surface area contributed by atoms with Gasteiger partial charge in [-0.2, -0.15) is 0 Å². The van der Waals surface area contributed by atoms with Gasteiger partial charge in [-0.3, -0.25) is 14.2 Å². The molecule has 0 fully saturated rings. The first kappa shape index (κ1) is 104. The Morgan fingerprint density at radius 1 is 0.292 bits per heavy atom. The van der Waals surface area contributed by atoms with E-state index in [1.165, 1.54) is 424 Å². The van der Waals surface area contributed by atoms with E-state index in [1.807, 2.05) is 21.1 Å². The van der Waals surface area contributed by atoms with Crippen molar-refractivity contribution in [2.45, 2.75) is 508 Å². The molecule has 0 aromatic heterocycles. The number of rotatable bonds is 90. The van der Waals surface area contributed by atoms with Gasteiger partial charge in [-0.1, -0.05) is 461 Å². The summed E-state index contributed by atoms with van der Waals surface area (Å²) in [5, 5.41) is 0. The lowest BCUT2D eigenvalue weighted by Crippen LogP contribution is -2.37. The fraction of sp³-hybridized carbons (Fsp3) is 0.896. The average molecular weight is 1510 g/mol. The van der Waals surface area contributed by atoms with E-state index in [2.05, 4.69) is 62.5 Å². The van der Waals surface area contributed by atoms with Gasteiger partial charge in [0.05, 0.1) is 27.7 Å². The van der Waals surface area contributed by atoms with Crippen molar-refractivity contribution in [3.8, 4) is 0 Å². The predicted octanol–water partition coefficient (Wildman–Crippen LogP) is 31.6. The molecule has 0 rings (SSSR count). The van der Waals surface area contributed by atoms with Gasteiger partial charge in [-0.25, -0.2) is 0 Å². The minimum absolute atomic E-state index is 0.0267. The highest BCUT2D eigenvalue weighted by atomic mass is 31.2. The number of hydrogen-bond acceptors (Lipinski definition) is 8. The van der Waals surface area contributed by atoms with Gasteiger partial charge in [0, 0.05) is 12.8 Å². The number of hydrogen-bond donors (Lipinski definition) is 0. The van der Waals surface area contributed by atoms with E-state index in [4.69, 9.17) is 18.5 Å². The van der Waals surface area contributed by atoms with Crippen molar-refractivity contribution >= 4 is 19.8 Å². The van der Waals surface area contributed by atoms with Crippen molar-refractivity contribution < 1.29 is 42.1 Å². The molecule has 10 heteroatoms. The van der Waals surface area contributed by atoms with Crippen molar-refractivity contribution in [3.63, 3.8) is 0 Å². The molecule has 626 valence electrons. The van der Waals surface area contributed by atoms with Crippen LogP contribution in [0.15, 0.2) is 48.6 Å². The fourth-order valence-electron chi connectivity index (χ4n) is 14.6. The summed E-state index contributed by atoms with van der Waals surface area (Å²) in [6.45, 7) is 4.31. The quantitative estimate of drug-likeness (QED) is 0.0195. The van der Waals surface area contributed by atoms with Crippen LogP contribution in [0.1, 0.15) is 502 Å². The number of phosphoric ester groups is 1. The molecule has 0 aliphatic carbocycles. The third kappa shape index (κ3) is 90.9. The predicted molar refractivity (Wildman–Crippen MR) is 462 cm³/mol. The van der Waals surface area contributed by atoms with E-state index in [1.54, 1.807) is 0 Å². The molecule has 0 N–H and O–H groups in total. The molecule has 0 aliphatic rings. The number of quaternary nitrogens is 1. The molecular formula is C96H184NO8P. The second-order valence-electron chi connectivity index (χ2n) is 33.7.